The number of halogens is 3. The van der Waals surface area contributed by atoms with Crippen molar-refractivity contribution in [1.29, 1.82) is 0 Å². The highest BCUT2D eigenvalue weighted by Gasteiger charge is 2.30. The van der Waals surface area contributed by atoms with Crippen molar-refractivity contribution in [2.45, 2.75) is 17.0 Å². The smallest absolute Gasteiger partial charge is 0.416 e. The largest absolute Gasteiger partial charge is 0.493 e. The van der Waals surface area contributed by atoms with Crippen LogP contribution in [0.4, 0.5) is 13.2 Å². The first-order valence-corrected chi connectivity index (χ1v) is 11.5. The molecule has 2 heterocycles. The lowest BCUT2D eigenvalue weighted by molar-refractivity contribution is -0.137. The summed E-state index contributed by atoms with van der Waals surface area (Å²) in [6.45, 7) is 0. The Kier molecular flexibility index (Phi) is 6.81. The number of benzene rings is 2. The van der Waals surface area contributed by atoms with Crippen molar-refractivity contribution in [3.63, 3.8) is 0 Å². The van der Waals surface area contributed by atoms with Crippen LogP contribution in [0, 0.1) is 0 Å². The van der Waals surface area contributed by atoms with E-state index in [0.29, 0.717) is 27.7 Å². The third kappa shape index (κ3) is 4.68. The van der Waals surface area contributed by atoms with Gasteiger partial charge in [0.05, 0.1) is 19.8 Å². The van der Waals surface area contributed by atoms with E-state index in [0.717, 1.165) is 28.5 Å². The molecular formula is C24H21F3N4O4S. The molecule has 0 atom stereocenters. The number of methoxy groups -OCH3 is 2. The Balaban J connectivity index is 1.84. The van der Waals surface area contributed by atoms with Crippen LogP contribution in [0.1, 0.15) is 11.1 Å². The van der Waals surface area contributed by atoms with Crippen LogP contribution in [-0.2, 0) is 26.0 Å². The van der Waals surface area contributed by atoms with Crippen LogP contribution in [0.3, 0.4) is 0 Å². The van der Waals surface area contributed by atoms with Crippen molar-refractivity contribution in [3.05, 3.63) is 74.4 Å². The molecule has 4 rings (SSSR count). The van der Waals surface area contributed by atoms with E-state index in [1.807, 2.05) is 0 Å². The van der Waals surface area contributed by atoms with Crippen LogP contribution in [0.2, 0.25) is 0 Å². The van der Waals surface area contributed by atoms with Gasteiger partial charge in [-0.25, -0.2) is 14.8 Å². The quantitative estimate of drug-likeness (QED) is 0.281. The SMILES string of the molecule is COc1ccc(-c2nc(SCc3ccc(C(F)(F)F)cc3)c3c(=O)n(C)c(=O)n(C)c3n2)cc1OC. The summed E-state index contributed by atoms with van der Waals surface area (Å²) in [5.41, 5.74) is -0.570. The maximum absolute atomic E-state index is 13.0. The number of thioether (sulfide) groups is 1. The van der Waals surface area contributed by atoms with Crippen LogP contribution < -0.4 is 20.7 Å². The standard InChI is InChI=1S/C24H21F3N4O4S/c1-30-20-18(22(32)31(2)23(30)33)21(36-12-13-5-8-15(9-6-13)24(25,26)27)29-19(28-20)14-7-10-16(34-3)17(11-14)35-4/h5-11H,12H2,1-4H3. The third-order valence-electron chi connectivity index (χ3n) is 5.57. The third-order valence-corrected chi connectivity index (χ3v) is 6.61. The van der Waals surface area contributed by atoms with Crippen LogP contribution in [0.5, 0.6) is 11.5 Å². The maximum Gasteiger partial charge on any atom is 0.416 e. The highest BCUT2D eigenvalue weighted by molar-refractivity contribution is 7.98. The molecule has 8 nitrogen and oxygen atoms in total. The first-order valence-electron chi connectivity index (χ1n) is 10.5. The molecule has 36 heavy (non-hydrogen) atoms. The molecule has 12 heteroatoms. The number of nitrogens with zero attached hydrogens (tertiary/aromatic N) is 4. The number of hydrogen-bond acceptors (Lipinski definition) is 7. The molecular weight excluding hydrogens is 497 g/mol. The summed E-state index contributed by atoms with van der Waals surface area (Å²) in [6.07, 6.45) is -4.43. The van der Waals surface area contributed by atoms with Crippen LogP contribution in [-0.4, -0.2) is 33.3 Å². The highest BCUT2D eigenvalue weighted by atomic mass is 32.2. The summed E-state index contributed by atoms with van der Waals surface area (Å²) in [4.78, 5) is 34.7. The second-order valence-electron chi connectivity index (χ2n) is 7.81. The van der Waals surface area contributed by atoms with Gasteiger partial charge in [-0.15, -0.1) is 11.8 Å². The van der Waals surface area contributed by atoms with Gasteiger partial charge in [0, 0.05) is 25.4 Å². The van der Waals surface area contributed by atoms with Crippen LogP contribution in [0.15, 0.2) is 57.1 Å². The summed E-state index contributed by atoms with van der Waals surface area (Å²) in [6, 6.07) is 9.83. The average molecular weight is 519 g/mol. The predicted octanol–water partition coefficient (Wildman–Crippen LogP) is 4.02. The van der Waals surface area contributed by atoms with Gasteiger partial charge in [0.2, 0.25) is 0 Å². The van der Waals surface area contributed by atoms with Crippen molar-refractivity contribution in [2.24, 2.45) is 14.1 Å². The second kappa shape index (κ2) is 9.69. The topological polar surface area (TPSA) is 88.2 Å². The summed E-state index contributed by atoms with van der Waals surface area (Å²) < 4.78 is 51.6. The Hall–Kier alpha value is -3.80. The minimum Gasteiger partial charge on any atom is -0.493 e. The molecule has 0 unspecified atom stereocenters. The molecule has 0 aliphatic carbocycles. The average Bonchev–Trinajstić information content (AvgIpc) is 2.88. The number of hydrogen-bond donors (Lipinski definition) is 0. The van der Waals surface area contributed by atoms with Crippen LogP contribution in [0.25, 0.3) is 22.4 Å². The van der Waals surface area contributed by atoms with E-state index < -0.39 is 23.0 Å². The monoisotopic (exact) mass is 518 g/mol. The molecule has 4 aromatic rings. The predicted molar refractivity (Wildman–Crippen MR) is 130 cm³/mol. The fraction of sp³-hybridized carbons (Fsp3) is 0.250. The molecule has 188 valence electrons. The van der Waals surface area contributed by atoms with E-state index >= 15 is 0 Å². The van der Waals surface area contributed by atoms with Crippen molar-refractivity contribution in [1.82, 2.24) is 19.1 Å². The Morgan fingerprint density at radius 3 is 2.19 bits per heavy atom. The van der Waals surface area contributed by atoms with Gasteiger partial charge in [0.15, 0.2) is 23.0 Å². The highest BCUT2D eigenvalue weighted by Crippen LogP contribution is 2.34. The number of aromatic nitrogens is 4. The molecule has 2 aromatic carbocycles. The first-order chi connectivity index (χ1) is 17.0. The van der Waals surface area contributed by atoms with Crippen molar-refractivity contribution >= 4 is 22.8 Å². The van der Waals surface area contributed by atoms with E-state index in [9.17, 15) is 22.8 Å². The van der Waals surface area contributed by atoms with Gasteiger partial charge in [0.1, 0.15) is 10.4 Å². The lowest BCUT2D eigenvalue weighted by Crippen LogP contribution is -2.37. The molecule has 0 saturated carbocycles. The Morgan fingerprint density at radius 1 is 0.917 bits per heavy atom. The number of alkyl halides is 3. The van der Waals surface area contributed by atoms with Crippen molar-refractivity contribution < 1.29 is 22.6 Å². The minimum absolute atomic E-state index is 0.137. The van der Waals surface area contributed by atoms with E-state index in [-0.39, 0.29) is 22.6 Å². The minimum atomic E-state index is -4.43. The number of aryl methyl sites for hydroxylation is 1. The van der Waals surface area contributed by atoms with E-state index in [4.69, 9.17) is 9.47 Å². The zero-order valence-electron chi connectivity index (χ0n) is 19.7. The Morgan fingerprint density at radius 2 is 1.58 bits per heavy atom. The molecule has 0 amide bonds. The summed E-state index contributed by atoms with van der Waals surface area (Å²) >= 11 is 1.16. The van der Waals surface area contributed by atoms with E-state index in [2.05, 4.69) is 9.97 Å². The van der Waals surface area contributed by atoms with Crippen molar-refractivity contribution in [3.8, 4) is 22.9 Å². The number of fused-ring (bicyclic) bond motifs is 1. The summed E-state index contributed by atoms with van der Waals surface area (Å²) in [5.74, 6) is 1.42. The zero-order valence-corrected chi connectivity index (χ0v) is 20.5. The van der Waals surface area contributed by atoms with E-state index in [1.54, 1.807) is 18.2 Å². The normalized spacial score (nSPS) is 11.6. The molecule has 0 saturated heterocycles. The molecule has 0 aliphatic rings. The molecule has 0 fully saturated rings. The van der Waals surface area contributed by atoms with E-state index in [1.165, 1.54) is 45.0 Å². The zero-order chi connectivity index (χ0) is 26.2. The van der Waals surface area contributed by atoms with Gasteiger partial charge < -0.3 is 9.47 Å². The number of rotatable bonds is 6. The molecule has 0 bridgehead atoms. The van der Waals surface area contributed by atoms with Crippen LogP contribution >= 0.6 is 11.8 Å². The fourth-order valence-electron chi connectivity index (χ4n) is 3.58. The molecule has 0 N–H and O–H groups in total. The first kappa shape index (κ1) is 25.3. The van der Waals surface area contributed by atoms with Gasteiger partial charge in [-0.3, -0.25) is 13.9 Å². The van der Waals surface area contributed by atoms with Gasteiger partial charge in [-0.1, -0.05) is 12.1 Å². The fourth-order valence-corrected chi connectivity index (χ4v) is 4.55. The molecule has 2 aromatic heterocycles. The lowest BCUT2D eigenvalue weighted by atomic mass is 10.1. The van der Waals surface area contributed by atoms with Gasteiger partial charge in [-0.2, -0.15) is 13.2 Å². The number of ether oxygens (including phenoxy) is 2. The Labute approximate surface area is 207 Å². The van der Waals surface area contributed by atoms with Gasteiger partial charge >= 0.3 is 11.9 Å². The van der Waals surface area contributed by atoms with Gasteiger partial charge in [0.25, 0.3) is 5.56 Å². The summed E-state index contributed by atoms with van der Waals surface area (Å²) in [7, 11) is 5.85. The van der Waals surface area contributed by atoms with Gasteiger partial charge in [-0.05, 0) is 35.9 Å². The molecule has 0 radical (unpaired) electrons. The molecule has 0 spiro atoms. The second-order valence-corrected chi connectivity index (χ2v) is 8.77. The Bertz CT molecular complexity index is 1560. The molecule has 0 aliphatic heterocycles. The summed E-state index contributed by atoms with van der Waals surface area (Å²) in [5, 5.41) is 0.432. The maximum atomic E-state index is 13.0. The lowest BCUT2D eigenvalue weighted by Gasteiger charge is -2.13. The van der Waals surface area contributed by atoms with Crippen molar-refractivity contribution in [2.75, 3.05) is 14.2 Å².